The van der Waals surface area contributed by atoms with E-state index in [4.69, 9.17) is 11.6 Å². The number of likely N-dealkylation sites (tertiary alicyclic amines) is 1. The van der Waals surface area contributed by atoms with Crippen LogP contribution in [0.5, 0.6) is 0 Å². The van der Waals surface area contributed by atoms with Gasteiger partial charge in [-0.1, -0.05) is 24.1 Å². The second-order valence-corrected chi connectivity index (χ2v) is 6.46. The maximum absolute atomic E-state index is 12.0. The molecule has 5 nitrogen and oxygen atoms in total. The number of halogens is 1. The number of hydrogen-bond acceptors (Lipinski definition) is 3. The molecule has 2 rings (SSSR count). The van der Waals surface area contributed by atoms with E-state index in [1.807, 2.05) is 6.92 Å². The van der Waals surface area contributed by atoms with Gasteiger partial charge in [-0.3, -0.25) is 14.5 Å². The standard InChI is InChI=1S/C17H24ClN3O2/c1-12-6-3-4-9-21(12)11-17(23)19-10-16(22)20-15-8-5-7-14(18)13(15)2/h5,7-8,12H,3-4,6,9-11H2,1-2H3,(H,19,23)(H,20,22)/t12-/m0/s1. The van der Waals surface area contributed by atoms with Crippen molar-refractivity contribution < 1.29 is 9.59 Å². The highest BCUT2D eigenvalue weighted by molar-refractivity contribution is 6.31. The molecule has 23 heavy (non-hydrogen) atoms. The van der Waals surface area contributed by atoms with E-state index in [-0.39, 0.29) is 18.4 Å². The van der Waals surface area contributed by atoms with Gasteiger partial charge < -0.3 is 10.6 Å². The molecule has 0 aromatic heterocycles. The van der Waals surface area contributed by atoms with E-state index in [1.165, 1.54) is 6.42 Å². The predicted molar refractivity (Wildman–Crippen MR) is 92.7 cm³/mol. The van der Waals surface area contributed by atoms with Crippen LogP contribution in [0.2, 0.25) is 5.02 Å². The van der Waals surface area contributed by atoms with Crippen LogP contribution < -0.4 is 10.6 Å². The van der Waals surface area contributed by atoms with Gasteiger partial charge in [0, 0.05) is 16.8 Å². The molecule has 1 aromatic carbocycles. The van der Waals surface area contributed by atoms with E-state index in [2.05, 4.69) is 22.5 Å². The number of hydrogen-bond donors (Lipinski definition) is 2. The Kier molecular flexibility index (Phi) is 6.42. The van der Waals surface area contributed by atoms with Crippen molar-refractivity contribution in [1.82, 2.24) is 10.2 Å². The number of anilines is 1. The first-order valence-electron chi connectivity index (χ1n) is 8.03. The SMILES string of the molecule is Cc1c(Cl)cccc1NC(=O)CNC(=O)CN1CCCC[C@@H]1C. The van der Waals surface area contributed by atoms with Gasteiger partial charge in [0.05, 0.1) is 13.1 Å². The van der Waals surface area contributed by atoms with Crippen LogP contribution in [0.3, 0.4) is 0 Å². The van der Waals surface area contributed by atoms with E-state index >= 15 is 0 Å². The van der Waals surface area contributed by atoms with Gasteiger partial charge in [0.1, 0.15) is 0 Å². The summed E-state index contributed by atoms with van der Waals surface area (Å²) < 4.78 is 0. The normalized spacial score (nSPS) is 18.5. The smallest absolute Gasteiger partial charge is 0.243 e. The first kappa shape index (κ1) is 17.8. The van der Waals surface area contributed by atoms with E-state index in [0.29, 0.717) is 23.3 Å². The van der Waals surface area contributed by atoms with Crippen molar-refractivity contribution >= 4 is 29.1 Å². The van der Waals surface area contributed by atoms with E-state index in [9.17, 15) is 9.59 Å². The molecule has 1 aromatic rings. The van der Waals surface area contributed by atoms with E-state index in [1.54, 1.807) is 18.2 Å². The van der Waals surface area contributed by atoms with Crippen molar-refractivity contribution in [2.45, 2.75) is 39.2 Å². The third-order valence-electron chi connectivity index (χ3n) is 4.28. The second kappa shape index (κ2) is 8.31. The molecule has 2 amide bonds. The third kappa shape index (κ3) is 5.22. The first-order valence-corrected chi connectivity index (χ1v) is 8.41. The predicted octanol–water partition coefficient (Wildman–Crippen LogP) is 2.58. The summed E-state index contributed by atoms with van der Waals surface area (Å²) in [6, 6.07) is 5.77. The van der Waals surface area contributed by atoms with Crippen molar-refractivity contribution in [3.63, 3.8) is 0 Å². The highest BCUT2D eigenvalue weighted by Crippen LogP contribution is 2.22. The fourth-order valence-corrected chi connectivity index (χ4v) is 2.92. The molecule has 0 aliphatic carbocycles. The fourth-order valence-electron chi connectivity index (χ4n) is 2.75. The molecule has 0 unspecified atom stereocenters. The molecule has 1 aliphatic rings. The van der Waals surface area contributed by atoms with Crippen LogP contribution in [-0.2, 0) is 9.59 Å². The highest BCUT2D eigenvalue weighted by Gasteiger charge is 2.20. The number of carbonyl (C=O) groups is 2. The monoisotopic (exact) mass is 337 g/mol. The topological polar surface area (TPSA) is 61.4 Å². The van der Waals surface area contributed by atoms with Gasteiger partial charge in [-0.2, -0.15) is 0 Å². The molecule has 1 saturated heterocycles. The molecule has 0 bridgehead atoms. The zero-order chi connectivity index (χ0) is 16.8. The molecule has 0 spiro atoms. The molecule has 6 heteroatoms. The van der Waals surface area contributed by atoms with Crippen LogP contribution in [0, 0.1) is 6.92 Å². The molecule has 0 saturated carbocycles. The maximum Gasteiger partial charge on any atom is 0.243 e. The molecular weight excluding hydrogens is 314 g/mol. The second-order valence-electron chi connectivity index (χ2n) is 6.05. The van der Waals surface area contributed by atoms with Crippen LogP contribution in [0.4, 0.5) is 5.69 Å². The Morgan fingerprint density at radius 1 is 1.30 bits per heavy atom. The molecule has 1 aliphatic heterocycles. The molecular formula is C17H24ClN3O2. The Morgan fingerprint density at radius 2 is 2.09 bits per heavy atom. The van der Waals surface area contributed by atoms with Gasteiger partial charge in [0.2, 0.25) is 11.8 Å². The summed E-state index contributed by atoms with van der Waals surface area (Å²) in [5.41, 5.74) is 1.48. The minimum atomic E-state index is -0.254. The number of nitrogens with one attached hydrogen (secondary N) is 2. The number of rotatable bonds is 5. The molecule has 1 atom stereocenters. The highest BCUT2D eigenvalue weighted by atomic mass is 35.5. The van der Waals surface area contributed by atoms with Gasteiger partial charge >= 0.3 is 0 Å². The van der Waals surface area contributed by atoms with Crippen LogP contribution in [0.15, 0.2) is 18.2 Å². The summed E-state index contributed by atoms with van der Waals surface area (Å²) in [4.78, 5) is 26.1. The average Bonchev–Trinajstić information content (AvgIpc) is 2.52. The van der Waals surface area contributed by atoms with E-state index < -0.39 is 0 Å². The summed E-state index contributed by atoms with van der Waals surface area (Å²) in [6.07, 6.45) is 3.48. The summed E-state index contributed by atoms with van der Waals surface area (Å²) in [5, 5.41) is 6.05. The molecule has 126 valence electrons. The van der Waals surface area contributed by atoms with Crippen molar-refractivity contribution in [2.24, 2.45) is 0 Å². The first-order chi connectivity index (χ1) is 11.0. The van der Waals surface area contributed by atoms with Gasteiger partial charge in [-0.25, -0.2) is 0 Å². The fraction of sp³-hybridized carbons (Fsp3) is 0.529. The Bertz CT molecular complexity index is 577. The molecule has 0 radical (unpaired) electrons. The summed E-state index contributed by atoms with van der Waals surface area (Å²) in [5.74, 6) is -0.368. The lowest BCUT2D eigenvalue weighted by molar-refractivity contribution is -0.125. The zero-order valence-electron chi connectivity index (χ0n) is 13.7. The number of piperidine rings is 1. The minimum Gasteiger partial charge on any atom is -0.346 e. The minimum absolute atomic E-state index is 0.0347. The number of nitrogens with zero attached hydrogens (tertiary/aromatic N) is 1. The Labute approximate surface area is 142 Å². The largest absolute Gasteiger partial charge is 0.346 e. The Balaban J connectivity index is 1.77. The summed E-state index contributed by atoms with van der Waals surface area (Å²) in [6.45, 7) is 5.25. The molecule has 1 heterocycles. The van der Waals surface area contributed by atoms with Gasteiger partial charge in [0.25, 0.3) is 0 Å². The number of carbonyl (C=O) groups excluding carboxylic acids is 2. The lowest BCUT2D eigenvalue weighted by atomic mass is 10.0. The van der Waals surface area contributed by atoms with Crippen LogP contribution >= 0.6 is 11.6 Å². The lowest BCUT2D eigenvalue weighted by Crippen LogP contribution is -2.45. The molecule has 2 N–H and O–H groups in total. The maximum atomic E-state index is 12.0. The van der Waals surface area contributed by atoms with Gasteiger partial charge in [0.15, 0.2) is 0 Å². The van der Waals surface area contributed by atoms with E-state index in [0.717, 1.165) is 24.9 Å². The Hall–Kier alpha value is -1.59. The molecule has 1 fully saturated rings. The summed E-state index contributed by atoms with van der Waals surface area (Å²) in [7, 11) is 0. The van der Waals surface area contributed by atoms with Crippen LogP contribution in [-0.4, -0.2) is 42.4 Å². The van der Waals surface area contributed by atoms with Crippen molar-refractivity contribution in [2.75, 3.05) is 25.0 Å². The third-order valence-corrected chi connectivity index (χ3v) is 4.68. The quantitative estimate of drug-likeness (QED) is 0.868. The average molecular weight is 338 g/mol. The van der Waals surface area contributed by atoms with Crippen LogP contribution in [0.1, 0.15) is 31.7 Å². The Morgan fingerprint density at radius 3 is 2.83 bits per heavy atom. The van der Waals surface area contributed by atoms with Crippen molar-refractivity contribution in [1.29, 1.82) is 0 Å². The number of amides is 2. The lowest BCUT2D eigenvalue weighted by Gasteiger charge is -2.32. The van der Waals surface area contributed by atoms with Crippen molar-refractivity contribution in [3.05, 3.63) is 28.8 Å². The zero-order valence-corrected chi connectivity index (χ0v) is 14.4. The summed E-state index contributed by atoms with van der Waals surface area (Å²) >= 11 is 6.02. The van der Waals surface area contributed by atoms with Gasteiger partial charge in [-0.15, -0.1) is 0 Å². The van der Waals surface area contributed by atoms with Crippen molar-refractivity contribution in [3.8, 4) is 0 Å². The van der Waals surface area contributed by atoms with Crippen LogP contribution in [0.25, 0.3) is 0 Å². The van der Waals surface area contributed by atoms with Gasteiger partial charge in [-0.05, 0) is 50.9 Å². The number of benzene rings is 1.